The Morgan fingerprint density at radius 2 is 2.19 bits per heavy atom. The van der Waals surface area contributed by atoms with Gasteiger partial charge in [0, 0.05) is 25.0 Å². The third-order valence-electron chi connectivity index (χ3n) is 2.79. The van der Waals surface area contributed by atoms with Crippen LogP contribution in [0.25, 0.3) is 0 Å². The Labute approximate surface area is 125 Å². The number of aromatic carboxylic acids is 1. The van der Waals surface area contributed by atoms with E-state index in [1.54, 1.807) is 22.8 Å². The first-order valence-electron chi connectivity index (χ1n) is 6.05. The van der Waals surface area contributed by atoms with Gasteiger partial charge in [0.05, 0.1) is 16.9 Å². The van der Waals surface area contributed by atoms with Crippen molar-refractivity contribution in [1.29, 1.82) is 0 Å². The van der Waals surface area contributed by atoms with Crippen LogP contribution in [0.15, 0.2) is 30.7 Å². The van der Waals surface area contributed by atoms with E-state index in [1.165, 1.54) is 12.5 Å². The number of carboxylic acid groups (broad SMARTS) is 1. The minimum atomic E-state index is -1.06. The zero-order valence-electron chi connectivity index (χ0n) is 10.9. The van der Waals surface area contributed by atoms with Gasteiger partial charge in [-0.05, 0) is 18.2 Å². The lowest BCUT2D eigenvalue weighted by molar-refractivity contribution is 0.0690. The first-order valence-corrected chi connectivity index (χ1v) is 6.43. The average molecular weight is 309 g/mol. The highest BCUT2D eigenvalue weighted by Gasteiger charge is 2.08. The van der Waals surface area contributed by atoms with Crippen molar-refractivity contribution >= 4 is 29.2 Å². The smallest absolute Gasteiger partial charge is 0.356 e. The topological polar surface area (TPSA) is 110 Å². The number of halogens is 1. The summed E-state index contributed by atoms with van der Waals surface area (Å²) in [6.45, 7) is 1.08. The Morgan fingerprint density at radius 1 is 1.43 bits per heavy atom. The summed E-state index contributed by atoms with van der Waals surface area (Å²) in [7, 11) is 0. The molecule has 0 aliphatic heterocycles. The zero-order chi connectivity index (χ0) is 15.4. The minimum absolute atomic E-state index is 0.00357. The molecular weight excluding hydrogens is 296 g/mol. The second kappa shape index (κ2) is 6.27. The fourth-order valence-electron chi connectivity index (χ4n) is 1.75. The van der Waals surface area contributed by atoms with E-state index in [0.717, 1.165) is 5.69 Å². The number of primary amides is 1. The van der Waals surface area contributed by atoms with Crippen LogP contribution in [-0.2, 0) is 6.54 Å². The van der Waals surface area contributed by atoms with Crippen LogP contribution in [0.5, 0.6) is 0 Å². The van der Waals surface area contributed by atoms with Gasteiger partial charge in [-0.2, -0.15) is 0 Å². The van der Waals surface area contributed by atoms with Crippen LogP contribution < -0.4 is 11.1 Å². The van der Waals surface area contributed by atoms with Crippen molar-refractivity contribution in [2.75, 3.05) is 11.9 Å². The molecule has 1 amide bonds. The van der Waals surface area contributed by atoms with Gasteiger partial charge in [-0.15, -0.1) is 0 Å². The predicted molar refractivity (Wildman–Crippen MR) is 77.6 cm³/mol. The van der Waals surface area contributed by atoms with Crippen molar-refractivity contribution in [3.05, 3.63) is 47.0 Å². The summed E-state index contributed by atoms with van der Waals surface area (Å²) in [6.07, 6.45) is 2.90. The number of carbonyl (C=O) groups is 2. The minimum Gasteiger partial charge on any atom is -0.476 e. The third-order valence-corrected chi connectivity index (χ3v) is 3.10. The number of amides is 1. The standard InChI is InChI=1S/C13H13ClN4O3/c14-10-5-8(1-2-9(10)12(15)19)16-3-4-18-6-11(13(20)21)17-7-18/h1-2,5-7,16H,3-4H2,(H2,15,19)(H,20,21). The van der Waals surface area contributed by atoms with Gasteiger partial charge in [-0.3, -0.25) is 4.79 Å². The molecule has 1 aromatic carbocycles. The Hall–Kier alpha value is -2.54. The molecule has 7 nitrogen and oxygen atoms in total. The lowest BCUT2D eigenvalue weighted by Crippen LogP contribution is -2.12. The lowest BCUT2D eigenvalue weighted by Gasteiger charge is -2.08. The maximum absolute atomic E-state index is 11.0. The maximum atomic E-state index is 11.0. The molecule has 21 heavy (non-hydrogen) atoms. The normalized spacial score (nSPS) is 10.3. The molecule has 0 radical (unpaired) electrons. The summed E-state index contributed by atoms with van der Waals surface area (Å²) in [4.78, 5) is 25.5. The fourth-order valence-corrected chi connectivity index (χ4v) is 2.02. The van der Waals surface area contributed by atoms with Crippen LogP contribution in [0.3, 0.4) is 0 Å². The summed E-state index contributed by atoms with van der Waals surface area (Å²) in [5.41, 5.74) is 6.18. The SMILES string of the molecule is NC(=O)c1ccc(NCCn2cnc(C(=O)O)c2)cc1Cl. The molecule has 1 heterocycles. The zero-order valence-corrected chi connectivity index (χ0v) is 11.7. The Balaban J connectivity index is 1.92. The average Bonchev–Trinajstić information content (AvgIpc) is 2.87. The quantitative estimate of drug-likeness (QED) is 0.748. The van der Waals surface area contributed by atoms with E-state index in [4.69, 9.17) is 22.4 Å². The number of rotatable bonds is 6. The summed E-state index contributed by atoms with van der Waals surface area (Å²) >= 11 is 5.94. The number of benzene rings is 1. The van der Waals surface area contributed by atoms with E-state index in [-0.39, 0.29) is 16.3 Å². The molecule has 0 aliphatic rings. The highest BCUT2D eigenvalue weighted by Crippen LogP contribution is 2.20. The summed E-state index contributed by atoms with van der Waals surface area (Å²) in [5.74, 6) is -1.64. The maximum Gasteiger partial charge on any atom is 0.356 e. The predicted octanol–water partition coefficient (Wildman–Crippen LogP) is 1.45. The third kappa shape index (κ3) is 3.73. The first kappa shape index (κ1) is 14.9. The van der Waals surface area contributed by atoms with E-state index >= 15 is 0 Å². The second-order valence-electron chi connectivity index (χ2n) is 4.29. The van der Waals surface area contributed by atoms with Gasteiger partial charge in [0.1, 0.15) is 0 Å². The molecule has 2 aromatic rings. The monoisotopic (exact) mass is 308 g/mol. The van der Waals surface area contributed by atoms with Gasteiger partial charge in [0.25, 0.3) is 0 Å². The van der Waals surface area contributed by atoms with Gasteiger partial charge in [0.2, 0.25) is 5.91 Å². The number of nitrogens with zero attached hydrogens (tertiary/aromatic N) is 2. The number of anilines is 1. The number of carboxylic acids is 1. The van der Waals surface area contributed by atoms with Crippen LogP contribution in [0.4, 0.5) is 5.69 Å². The number of imidazole rings is 1. The molecule has 8 heteroatoms. The number of carbonyl (C=O) groups excluding carboxylic acids is 1. The number of hydrogen-bond donors (Lipinski definition) is 3. The largest absolute Gasteiger partial charge is 0.476 e. The number of aromatic nitrogens is 2. The van der Waals surface area contributed by atoms with E-state index in [2.05, 4.69) is 10.3 Å². The number of hydrogen-bond acceptors (Lipinski definition) is 4. The van der Waals surface area contributed by atoms with Gasteiger partial charge < -0.3 is 20.7 Å². The highest BCUT2D eigenvalue weighted by molar-refractivity contribution is 6.34. The molecular formula is C13H13ClN4O3. The van der Waals surface area contributed by atoms with E-state index in [1.807, 2.05) is 0 Å². The number of nitrogens with one attached hydrogen (secondary N) is 1. The Morgan fingerprint density at radius 3 is 2.76 bits per heavy atom. The Kier molecular flexibility index (Phi) is 4.44. The molecule has 0 spiro atoms. The van der Waals surface area contributed by atoms with Crippen molar-refractivity contribution in [3.63, 3.8) is 0 Å². The van der Waals surface area contributed by atoms with Gasteiger partial charge >= 0.3 is 5.97 Å². The molecule has 0 atom stereocenters. The van der Waals surface area contributed by atoms with Crippen molar-refractivity contribution in [2.45, 2.75) is 6.54 Å². The van der Waals surface area contributed by atoms with Crippen molar-refractivity contribution in [2.24, 2.45) is 5.73 Å². The Bertz CT molecular complexity index is 684. The van der Waals surface area contributed by atoms with Crippen LogP contribution in [0.2, 0.25) is 5.02 Å². The van der Waals surface area contributed by atoms with Gasteiger partial charge in [-0.25, -0.2) is 9.78 Å². The van der Waals surface area contributed by atoms with Gasteiger partial charge in [0.15, 0.2) is 5.69 Å². The van der Waals surface area contributed by atoms with Crippen LogP contribution >= 0.6 is 11.6 Å². The van der Waals surface area contributed by atoms with E-state index in [0.29, 0.717) is 13.1 Å². The van der Waals surface area contributed by atoms with Crippen molar-refractivity contribution < 1.29 is 14.7 Å². The lowest BCUT2D eigenvalue weighted by atomic mass is 10.2. The molecule has 1 aromatic heterocycles. The first-order chi connectivity index (χ1) is 9.97. The molecule has 110 valence electrons. The van der Waals surface area contributed by atoms with Crippen LogP contribution in [0, 0.1) is 0 Å². The fraction of sp³-hybridized carbons (Fsp3) is 0.154. The van der Waals surface area contributed by atoms with Crippen LogP contribution in [-0.4, -0.2) is 33.1 Å². The molecule has 0 fully saturated rings. The van der Waals surface area contributed by atoms with Gasteiger partial charge in [-0.1, -0.05) is 11.6 Å². The molecule has 0 aliphatic carbocycles. The molecule has 0 saturated carbocycles. The molecule has 0 bridgehead atoms. The van der Waals surface area contributed by atoms with Crippen molar-refractivity contribution in [1.82, 2.24) is 9.55 Å². The van der Waals surface area contributed by atoms with Crippen molar-refractivity contribution in [3.8, 4) is 0 Å². The second-order valence-corrected chi connectivity index (χ2v) is 4.69. The molecule has 0 unspecified atom stereocenters. The summed E-state index contributed by atoms with van der Waals surface area (Å²) in [5, 5.41) is 12.1. The van der Waals surface area contributed by atoms with E-state index < -0.39 is 11.9 Å². The summed E-state index contributed by atoms with van der Waals surface area (Å²) in [6, 6.07) is 4.85. The highest BCUT2D eigenvalue weighted by atomic mass is 35.5. The summed E-state index contributed by atoms with van der Waals surface area (Å²) < 4.78 is 1.66. The number of nitrogens with two attached hydrogens (primary N) is 1. The van der Waals surface area contributed by atoms with Crippen LogP contribution in [0.1, 0.15) is 20.8 Å². The molecule has 0 saturated heterocycles. The van der Waals surface area contributed by atoms with E-state index in [9.17, 15) is 9.59 Å². The molecule has 4 N–H and O–H groups in total. The molecule has 2 rings (SSSR count).